The first-order valence-electron chi connectivity index (χ1n) is 6.23. The number of aromatic carboxylic acids is 1. The van der Waals surface area contributed by atoms with Gasteiger partial charge in [0.1, 0.15) is 11.9 Å². The molecule has 0 aliphatic carbocycles. The van der Waals surface area contributed by atoms with E-state index in [2.05, 4.69) is 16.0 Å². The van der Waals surface area contributed by atoms with Gasteiger partial charge in [-0.1, -0.05) is 0 Å². The predicted octanol–water partition coefficient (Wildman–Crippen LogP) is 1.17. The van der Waals surface area contributed by atoms with Crippen molar-refractivity contribution in [1.29, 1.82) is 0 Å². The molecule has 0 aliphatic rings. The molecular formula is C13H16FN3O4. The summed E-state index contributed by atoms with van der Waals surface area (Å²) in [7, 11) is 0. The minimum Gasteiger partial charge on any atom is -0.478 e. The Morgan fingerprint density at radius 1 is 1.33 bits per heavy atom. The van der Waals surface area contributed by atoms with Gasteiger partial charge in [0.05, 0.1) is 11.3 Å². The van der Waals surface area contributed by atoms with Gasteiger partial charge in [0, 0.05) is 6.54 Å². The van der Waals surface area contributed by atoms with Gasteiger partial charge in [-0.25, -0.2) is 14.0 Å². The average molecular weight is 297 g/mol. The van der Waals surface area contributed by atoms with Crippen LogP contribution < -0.4 is 16.0 Å². The molecule has 21 heavy (non-hydrogen) atoms. The Morgan fingerprint density at radius 3 is 2.52 bits per heavy atom. The minimum absolute atomic E-state index is 0.180. The van der Waals surface area contributed by atoms with Crippen molar-refractivity contribution >= 4 is 23.6 Å². The van der Waals surface area contributed by atoms with E-state index in [0.29, 0.717) is 6.54 Å². The Hall–Kier alpha value is -2.64. The number of urea groups is 1. The first kappa shape index (κ1) is 16.4. The van der Waals surface area contributed by atoms with E-state index in [4.69, 9.17) is 5.11 Å². The SMILES string of the molecule is CCNC(=O)C(C)NC(=O)Nc1ccc(C(=O)O)cc1F. The Balaban J connectivity index is 2.67. The number of carbonyl (C=O) groups excluding carboxylic acids is 2. The highest BCUT2D eigenvalue weighted by molar-refractivity contribution is 5.94. The second-order valence-corrected chi connectivity index (χ2v) is 4.21. The van der Waals surface area contributed by atoms with Crippen molar-refractivity contribution in [1.82, 2.24) is 10.6 Å². The second kappa shape index (κ2) is 7.22. The topological polar surface area (TPSA) is 108 Å². The molecule has 0 radical (unpaired) electrons. The van der Waals surface area contributed by atoms with Crippen LogP contribution in [-0.4, -0.2) is 35.6 Å². The first-order valence-corrected chi connectivity index (χ1v) is 6.23. The van der Waals surface area contributed by atoms with Crippen LogP contribution in [0.2, 0.25) is 0 Å². The molecule has 0 aliphatic heterocycles. The number of hydrogen-bond donors (Lipinski definition) is 4. The van der Waals surface area contributed by atoms with Crippen LogP contribution in [0.4, 0.5) is 14.9 Å². The van der Waals surface area contributed by atoms with E-state index in [9.17, 15) is 18.8 Å². The summed E-state index contributed by atoms with van der Waals surface area (Å²) >= 11 is 0. The Morgan fingerprint density at radius 2 is 2.00 bits per heavy atom. The third-order valence-corrected chi connectivity index (χ3v) is 2.56. The summed E-state index contributed by atoms with van der Waals surface area (Å²) < 4.78 is 13.6. The fraction of sp³-hybridized carbons (Fsp3) is 0.308. The molecule has 1 aromatic rings. The Kier molecular flexibility index (Phi) is 5.65. The fourth-order valence-corrected chi connectivity index (χ4v) is 1.50. The number of likely N-dealkylation sites (N-methyl/N-ethyl adjacent to an activating group) is 1. The molecule has 0 aromatic heterocycles. The normalized spacial score (nSPS) is 11.4. The van der Waals surface area contributed by atoms with Crippen LogP contribution >= 0.6 is 0 Å². The number of anilines is 1. The number of carbonyl (C=O) groups is 3. The van der Waals surface area contributed by atoms with Crippen molar-refractivity contribution in [3.8, 4) is 0 Å². The highest BCUT2D eigenvalue weighted by atomic mass is 19.1. The summed E-state index contributed by atoms with van der Waals surface area (Å²) in [6.45, 7) is 3.65. The zero-order chi connectivity index (χ0) is 16.0. The highest BCUT2D eigenvalue weighted by Gasteiger charge is 2.16. The van der Waals surface area contributed by atoms with Crippen LogP contribution in [0.25, 0.3) is 0 Å². The van der Waals surface area contributed by atoms with Gasteiger partial charge >= 0.3 is 12.0 Å². The van der Waals surface area contributed by atoms with Gasteiger partial charge in [0.2, 0.25) is 5.91 Å². The molecule has 1 atom stereocenters. The van der Waals surface area contributed by atoms with Crippen LogP contribution in [0.5, 0.6) is 0 Å². The number of carboxylic acids is 1. The Labute approximate surface area is 120 Å². The van der Waals surface area contributed by atoms with E-state index in [1.165, 1.54) is 6.92 Å². The van der Waals surface area contributed by atoms with Crippen molar-refractivity contribution < 1.29 is 23.9 Å². The van der Waals surface area contributed by atoms with E-state index in [0.717, 1.165) is 18.2 Å². The smallest absolute Gasteiger partial charge is 0.335 e. The van der Waals surface area contributed by atoms with Crippen molar-refractivity contribution in [2.24, 2.45) is 0 Å². The molecule has 0 saturated carbocycles. The van der Waals surface area contributed by atoms with Gasteiger partial charge in [-0.2, -0.15) is 0 Å². The zero-order valence-corrected chi connectivity index (χ0v) is 11.6. The Bertz CT molecular complexity index is 562. The van der Waals surface area contributed by atoms with Crippen molar-refractivity contribution in [2.45, 2.75) is 19.9 Å². The molecule has 7 nitrogen and oxygen atoms in total. The molecule has 1 unspecified atom stereocenters. The number of halogens is 1. The standard InChI is InChI=1S/C13H16FN3O4/c1-3-15-11(18)7(2)16-13(21)17-10-5-4-8(12(19)20)6-9(10)14/h4-7H,3H2,1-2H3,(H,15,18)(H,19,20)(H2,16,17,21). The van der Waals surface area contributed by atoms with Gasteiger partial charge in [-0.05, 0) is 32.0 Å². The summed E-state index contributed by atoms with van der Waals surface area (Å²) in [4.78, 5) is 33.7. The van der Waals surface area contributed by atoms with E-state index in [-0.39, 0.29) is 17.2 Å². The third kappa shape index (κ3) is 4.75. The largest absolute Gasteiger partial charge is 0.478 e. The maximum Gasteiger partial charge on any atom is 0.335 e. The van der Waals surface area contributed by atoms with Crippen LogP contribution in [0.1, 0.15) is 24.2 Å². The van der Waals surface area contributed by atoms with E-state index < -0.39 is 23.9 Å². The molecule has 114 valence electrons. The molecular weight excluding hydrogens is 281 g/mol. The lowest BCUT2D eigenvalue weighted by Crippen LogP contribution is -2.46. The molecule has 1 rings (SSSR count). The second-order valence-electron chi connectivity index (χ2n) is 4.21. The molecule has 8 heteroatoms. The number of rotatable bonds is 5. The first-order chi connectivity index (χ1) is 9.85. The van der Waals surface area contributed by atoms with Gasteiger partial charge in [0.25, 0.3) is 0 Å². The summed E-state index contributed by atoms with van der Waals surface area (Å²) in [5, 5.41) is 15.8. The molecule has 0 heterocycles. The molecule has 0 spiro atoms. The molecule has 4 N–H and O–H groups in total. The van der Waals surface area contributed by atoms with Crippen molar-refractivity contribution in [3.63, 3.8) is 0 Å². The van der Waals surface area contributed by atoms with Gasteiger partial charge in [0.15, 0.2) is 0 Å². The van der Waals surface area contributed by atoms with Crippen LogP contribution in [0.3, 0.4) is 0 Å². The molecule has 0 fully saturated rings. The van der Waals surface area contributed by atoms with Crippen LogP contribution in [0, 0.1) is 5.82 Å². The number of carboxylic acid groups (broad SMARTS) is 1. The maximum atomic E-state index is 13.6. The average Bonchev–Trinajstić information content (AvgIpc) is 2.40. The minimum atomic E-state index is -1.27. The molecule has 0 bridgehead atoms. The van der Waals surface area contributed by atoms with Crippen molar-refractivity contribution in [2.75, 3.05) is 11.9 Å². The number of benzene rings is 1. The fourth-order valence-electron chi connectivity index (χ4n) is 1.50. The maximum absolute atomic E-state index is 13.6. The quantitative estimate of drug-likeness (QED) is 0.654. The molecule has 3 amide bonds. The van der Waals surface area contributed by atoms with Crippen molar-refractivity contribution in [3.05, 3.63) is 29.6 Å². The van der Waals surface area contributed by atoms with Gasteiger partial charge in [-0.3, -0.25) is 4.79 Å². The summed E-state index contributed by atoms with van der Waals surface area (Å²) in [5.74, 6) is -2.51. The van der Waals surface area contributed by atoms with E-state index in [1.807, 2.05) is 0 Å². The summed E-state index contributed by atoms with van der Waals surface area (Å²) in [5.41, 5.74) is -0.408. The molecule has 1 aromatic carbocycles. The lowest BCUT2D eigenvalue weighted by atomic mass is 10.2. The lowest BCUT2D eigenvalue weighted by molar-refractivity contribution is -0.122. The van der Waals surface area contributed by atoms with E-state index in [1.54, 1.807) is 6.92 Å². The van der Waals surface area contributed by atoms with Gasteiger partial charge in [-0.15, -0.1) is 0 Å². The van der Waals surface area contributed by atoms with E-state index >= 15 is 0 Å². The lowest BCUT2D eigenvalue weighted by Gasteiger charge is -2.14. The number of amides is 3. The summed E-state index contributed by atoms with van der Waals surface area (Å²) in [6, 6.07) is 1.54. The van der Waals surface area contributed by atoms with Crippen LogP contribution in [-0.2, 0) is 4.79 Å². The summed E-state index contributed by atoms with van der Waals surface area (Å²) in [6.07, 6.45) is 0. The monoisotopic (exact) mass is 297 g/mol. The van der Waals surface area contributed by atoms with Gasteiger partial charge < -0.3 is 21.1 Å². The number of hydrogen-bond acceptors (Lipinski definition) is 3. The highest BCUT2D eigenvalue weighted by Crippen LogP contribution is 2.15. The number of nitrogens with one attached hydrogen (secondary N) is 3. The third-order valence-electron chi connectivity index (χ3n) is 2.56. The predicted molar refractivity (Wildman–Crippen MR) is 73.7 cm³/mol. The van der Waals surface area contributed by atoms with Crippen LogP contribution in [0.15, 0.2) is 18.2 Å². The molecule has 0 saturated heterocycles. The zero-order valence-electron chi connectivity index (χ0n) is 11.6.